The zero-order chi connectivity index (χ0) is 26.1. The average molecular weight is 515 g/mol. The maximum atomic E-state index is 12.9. The third-order valence-corrected chi connectivity index (χ3v) is 7.39. The Kier molecular flexibility index (Phi) is 6.36. The molecule has 6 aromatic carbocycles. The van der Waals surface area contributed by atoms with E-state index in [4.69, 9.17) is 16.3 Å². The zero-order valence-corrected chi connectivity index (χ0v) is 21.2. The molecule has 0 bridgehead atoms. The minimum absolute atomic E-state index is 0.107. The van der Waals surface area contributed by atoms with Crippen LogP contribution in [0.1, 0.15) is 37.2 Å². The van der Waals surface area contributed by atoms with E-state index in [0.717, 1.165) is 50.8 Å². The number of rotatable bonds is 3. The molecule has 0 heterocycles. The summed E-state index contributed by atoms with van der Waals surface area (Å²) in [6.07, 6.45) is 1.69. The van der Waals surface area contributed by atoms with Crippen molar-refractivity contribution in [2.24, 2.45) is 0 Å². The minimum atomic E-state index is -0.352. The van der Waals surface area contributed by atoms with E-state index in [-0.39, 0.29) is 11.3 Å². The van der Waals surface area contributed by atoms with Crippen molar-refractivity contribution >= 4 is 56.2 Å². The van der Waals surface area contributed by atoms with Gasteiger partial charge >= 0.3 is 5.97 Å². The number of ether oxygens (including phenoxy) is 1. The fourth-order valence-corrected chi connectivity index (χ4v) is 5.51. The number of hydrogen-bond donors (Lipinski definition) is 0. The van der Waals surface area contributed by atoms with Crippen molar-refractivity contribution in [3.63, 3.8) is 0 Å². The fraction of sp³-hybridized carbons (Fsp3) is 0.0588. The van der Waals surface area contributed by atoms with Gasteiger partial charge in [-0.2, -0.15) is 0 Å². The molecule has 38 heavy (non-hydrogen) atoms. The third-order valence-electron chi connectivity index (χ3n) is 7.02. The molecular weight excluding hydrogens is 492 g/mol. The molecule has 0 saturated carbocycles. The second kappa shape index (κ2) is 10.1. The molecule has 1 unspecified atom stereocenters. The Balaban J connectivity index is 0.000000184. The molecule has 0 radical (unpaired) electrons. The second-order valence-electron chi connectivity index (χ2n) is 9.26. The van der Waals surface area contributed by atoms with Crippen LogP contribution in [0, 0.1) is 0 Å². The van der Waals surface area contributed by atoms with Gasteiger partial charge in [0.15, 0.2) is 6.29 Å². The summed E-state index contributed by atoms with van der Waals surface area (Å²) in [5.41, 5.74) is 3.45. The molecule has 0 saturated heterocycles. The number of benzene rings is 6. The van der Waals surface area contributed by atoms with E-state index >= 15 is 0 Å². The Labute approximate surface area is 225 Å². The van der Waals surface area contributed by atoms with Crippen LogP contribution in [0.15, 0.2) is 115 Å². The quantitative estimate of drug-likeness (QED) is 0.103. The minimum Gasteiger partial charge on any atom is -0.423 e. The monoisotopic (exact) mass is 514 g/mol. The van der Waals surface area contributed by atoms with Crippen LogP contribution < -0.4 is 4.74 Å². The fourth-order valence-electron chi connectivity index (χ4n) is 5.12. The molecule has 184 valence electrons. The predicted molar refractivity (Wildman–Crippen MR) is 154 cm³/mol. The number of hydrogen-bond acceptors (Lipinski definition) is 3. The van der Waals surface area contributed by atoms with Crippen molar-refractivity contribution in [1.29, 1.82) is 0 Å². The van der Waals surface area contributed by atoms with E-state index < -0.39 is 0 Å². The molecule has 0 fully saturated rings. The molecule has 0 spiro atoms. The van der Waals surface area contributed by atoms with Crippen molar-refractivity contribution in [2.45, 2.75) is 11.8 Å². The van der Waals surface area contributed by atoms with E-state index in [1.165, 1.54) is 10.9 Å². The molecular formula is C34H23ClO3. The highest BCUT2D eigenvalue weighted by Gasteiger charge is 2.31. The average Bonchev–Trinajstić information content (AvgIpc) is 2.96. The van der Waals surface area contributed by atoms with Gasteiger partial charge in [-0.15, -0.1) is 11.6 Å². The van der Waals surface area contributed by atoms with E-state index in [0.29, 0.717) is 11.3 Å². The van der Waals surface area contributed by atoms with Gasteiger partial charge in [-0.1, -0.05) is 103 Å². The van der Waals surface area contributed by atoms with Crippen LogP contribution in [-0.4, -0.2) is 12.3 Å². The molecule has 0 N–H and O–H groups in total. The zero-order valence-electron chi connectivity index (χ0n) is 20.4. The van der Waals surface area contributed by atoms with Gasteiger partial charge < -0.3 is 4.74 Å². The highest BCUT2D eigenvalue weighted by atomic mass is 35.5. The van der Waals surface area contributed by atoms with Crippen molar-refractivity contribution in [3.8, 4) is 5.75 Å². The maximum Gasteiger partial charge on any atom is 0.344 e. The van der Waals surface area contributed by atoms with E-state index in [2.05, 4.69) is 6.07 Å². The van der Waals surface area contributed by atoms with Crippen molar-refractivity contribution in [3.05, 3.63) is 138 Å². The van der Waals surface area contributed by atoms with Crippen LogP contribution in [0.25, 0.3) is 32.3 Å². The van der Waals surface area contributed by atoms with Crippen LogP contribution in [0.2, 0.25) is 0 Å². The van der Waals surface area contributed by atoms with Crippen LogP contribution in [0.3, 0.4) is 0 Å². The summed E-state index contributed by atoms with van der Waals surface area (Å²) < 4.78 is 5.83. The van der Waals surface area contributed by atoms with Gasteiger partial charge in [0.1, 0.15) is 5.75 Å². The Hall–Kier alpha value is -4.47. The summed E-state index contributed by atoms with van der Waals surface area (Å²) in [4.78, 5) is 23.5. The smallest absolute Gasteiger partial charge is 0.344 e. The highest BCUT2D eigenvalue weighted by Crippen LogP contribution is 2.48. The van der Waals surface area contributed by atoms with Crippen LogP contribution in [0.4, 0.5) is 0 Å². The first kappa shape index (κ1) is 23.9. The molecule has 4 heteroatoms. The lowest BCUT2D eigenvalue weighted by molar-refractivity contribution is 0.0734. The van der Waals surface area contributed by atoms with Gasteiger partial charge in [0, 0.05) is 11.1 Å². The molecule has 7 rings (SSSR count). The van der Waals surface area contributed by atoms with E-state index in [9.17, 15) is 9.59 Å². The Morgan fingerprint density at radius 1 is 0.711 bits per heavy atom. The number of carbonyl (C=O) groups excluding carboxylic acids is 2. The largest absolute Gasteiger partial charge is 0.423 e. The number of fused-ring (bicyclic) bond motifs is 5. The van der Waals surface area contributed by atoms with Crippen LogP contribution in [0.5, 0.6) is 5.75 Å². The number of aldehydes is 1. The maximum absolute atomic E-state index is 12.9. The van der Waals surface area contributed by atoms with E-state index in [1.807, 2.05) is 103 Å². The molecule has 0 aromatic heterocycles. The number of esters is 1. The summed E-state index contributed by atoms with van der Waals surface area (Å²) in [6.45, 7) is 0. The van der Waals surface area contributed by atoms with Gasteiger partial charge in [0.25, 0.3) is 0 Å². The van der Waals surface area contributed by atoms with Gasteiger partial charge in [-0.05, 0) is 56.4 Å². The summed E-state index contributed by atoms with van der Waals surface area (Å²) in [6, 6.07) is 37.1. The van der Waals surface area contributed by atoms with Crippen molar-refractivity contribution < 1.29 is 14.3 Å². The summed E-state index contributed by atoms with van der Waals surface area (Å²) in [7, 11) is 0. The van der Waals surface area contributed by atoms with Crippen molar-refractivity contribution in [2.75, 3.05) is 0 Å². The van der Waals surface area contributed by atoms with Gasteiger partial charge in [-0.25, -0.2) is 4.79 Å². The lowest BCUT2D eigenvalue weighted by atomic mass is 9.83. The normalized spacial score (nSPS) is 13.8. The summed E-state index contributed by atoms with van der Waals surface area (Å²) in [5, 5.41) is 6.19. The first-order chi connectivity index (χ1) is 18.6. The van der Waals surface area contributed by atoms with Gasteiger partial charge in [0.05, 0.1) is 10.9 Å². The van der Waals surface area contributed by atoms with Gasteiger partial charge in [0.2, 0.25) is 0 Å². The lowest BCUT2D eigenvalue weighted by Gasteiger charge is -2.29. The highest BCUT2D eigenvalue weighted by molar-refractivity contribution is 6.23. The molecule has 0 amide bonds. The number of carbonyl (C=O) groups is 2. The Morgan fingerprint density at radius 2 is 1.29 bits per heavy atom. The topological polar surface area (TPSA) is 43.4 Å². The predicted octanol–water partition coefficient (Wildman–Crippen LogP) is 8.70. The third kappa shape index (κ3) is 4.31. The molecule has 6 aromatic rings. The van der Waals surface area contributed by atoms with Crippen LogP contribution in [-0.2, 0) is 6.42 Å². The van der Waals surface area contributed by atoms with E-state index in [1.54, 1.807) is 6.07 Å². The SMILES string of the molecule is O=C(Oc1cc2ccccc2c2c1C(Cl)C2)c1cccc2ccccc12.O=Cc1cccc2ccccc12. The number of halogens is 1. The summed E-state index contributed by atoms with van der Waals surface area (Å²) in [5.74, 6) is 0.220. The first-order valence-electron chi connectivity index (χ1n) is 12.5. The molecule has 0 aliphatic heterocycles. The van der Waals surface area contributed by atoms with Crippen molar-refractivity contribution in [1.82, 2.24) is 0 Å². The second-order valence-corrected chi connectivity index (χ2v) is 9.79. The summed E-state index contributed by atoms with van der Waals surface area (Å²) >= 11 is 6.42. The lowest BCUT2D eigenvalue weighted by Crippen LogP contribution is -2.18. The molecule has 1 aliphatic carbocycles. The molecule has 3 nitrogen and oxygen atoms in total. The van der Waals surface area contributed by atoms with Crippen LogP contribution >= 0.6 is 11.6 Å². The number of alkyl halides is 1. The first-order valence-corrected chi connectivity index (χ1v) is 12.9. The Morgan fingerprint density at radius 3 is 2.00 bits per heavy atom. The standard InChI is InChI=1S/C23H15ClO2.C11H8O/c24-20-13-19-17-10-4-2-7-15(17)12-21(22(19)20)26-23(25)18-11-5-8-14-6-1-3-9-16(14)18;12-8-10-6-3-5-9-4-1-2-7-11(9)10/h1-12,20H,13H2;1-8H. The van der Waals surface area contributed by atoms with Gasteiger partial charge in [-0.3, -0.25) is 4.79 Å². The molecule has 1 aliphatic rings. The molecule has 1 atom stereocenters. The Bertz CT molecular complexity index is 1830.